The van der Waals surface area contributed by atoms with E-state index in [-0.39, 0.29) is 23.8 Å². The maximum absolute atomic E-state index is 12.4. The van der Waals surface area contributed by atoms with E-state index in [2.05, 4.69) is 15.3 Å². The minimum Gasteiger partial charge on any atom is -0.478 e. The number of hydrogen-bond acceptors (Lipinski definition) is 5. The number of rotatable bonds is 5. The number of methoxy groups -OCH3 is 1. The first kappa shape index (κ1) is 17.2. The molecule has 0 saturated heterocycles. The Hall–Kier alpha value is -3.19. The molecule has 1 heterocycles. The second kappa shape index (κ2) is 6.85. The van der Waals surface area contributed by atoms with Crippen molar-refractivity contribution in [1.29, 1.82) is 0 Å². The number of hydrogen-bond donors (Lipinski definition) is 3. The first-order valence-corrected chi connectivity index (χ1v) is 8.69. The van der Waals surface area contributed by atoms with E-state index >= 15 is 0 Å². The van der Waals surface area contributed by atoms with E-state index in [0.717, 1.165) is 24.1 Å². The number of carboxylic acids is 1. The molecule has 0 saturated carbocycles. The van der Waals surface area contributed by atoms with Gasteiger partial charge in [-0.05, 0) is 60.4 Å². The van der Waals surface area contributed by atoms with E-state index in [1.165, 1.54) is 5.56 Å². The number of carboxylic acid groups (broad SMARTS) is 1. The van der Waals surface area contributed by atoms with Gasteiger partial charge in [-0.3, -0.25) is 4.79 Å². The minimum absolute atomic E-state index is 0.0677. The number of ether oxygens (including phenoxy) is 1. The van der Waals surface area contributed by atoms with E-state index in [1.807, 2.05) is 12.1 Å². The first-order valence-electron chi connectivity index (χ1n) is 8.69. The second-order valence-corrected chi connectivity index (χ2v) is 6.63. The van der Waals surface area contributed by atoms with E-state index in [4.69, 9.17) is 9.84 Å². The molecule has 0 radical (unpaired) electrons. The molecule has 27 heavy (non-hydrogen) atoms. The van der Waals surface area contributed by atoms with Crippen molar-refractivity contribution in [3.63, 3.8) is 0 Å². The second-order valence-electron chi connectivity index (χ2n) is 6.63. The molecule has 7 nitrogen and oxygen atoms in total. The van der Waals surface area contributed by atoms with Crippen LogP contribution >= 0.6 is 0 Å². The Balaban J connectivity index is 1.65. The van der Waals surface area contributed by atoms with Crippen LogP contribution in [-0.4, -0.2) is 28.2 Å². The molecule has 1 aliphatic rings. The molecule has 0 spiro atoms. The van der Waals surface area contributed by atoms with Crippen LogP contribution in [0.25, 0.3) is 10.9 Å². The fourth-order valence-corrected chi connectivity index (χ4v) is 3.56. The number of benzene rings is 2. The number of aromatic nitrogens is 2. The highest BCUT2D eigenvalue weighted by atomic mass is 16.5. The number of H-pyrrole nitrogens is 1. The van der Waals surface area contributed by atoms with Crippen LogP contribution in [0.1, 0.15) is 39.8 Å². The van der Waals surface area contributed by atoms with Crippen LogP contribution in [0, 0.1) is 0 Å². The summed E-state index contributed by atoms with van der Waals surface area (Å²) >= 11 is 0. The summed E-state index contributed by atoms with van der Waals surface area (Å²) in [6.45, 7) is 0.263. The van der Waals surface area contributed by atoms with Gasteiger partial charge in [0, 0.05) is 12.8 Å². The highest BCUT2D eigenvalue weighted by molar-refractivity contribution is 5.88. The van der Waals surface area contributed by atoms with Crippen molar-refractivity contribution in [2.45, 2.75) is 25.5 Å². The smallest absolute Gasteiger partial charge is 0.335 e. The number of nitrogens with one attached hydrogen (secondary N) is 2. The molecular weight excluding hydrogens is 346 g/mol. The van der Waals surface area contributed by atoms with Crippen molar-refractivity contribution in [2.75, 3.05) is 12.4 Å². The van der Waals surface area contributed by atoms with E-state index in [0.29, 0.717) is 16.7 Å². The maximum atomic E-state index is 12.4. The third-order valence-corrected chi connectivity index (χ3v) is 4.85. The molecule has 1 atom stereocenters. The van der Waals surface area contributed by atoms with Crippen molar-refractivity contribution >= 4 is 22.6 Å². The fourth-order valence-electron chi connectivity index (χ4n) is 3.56. The largest absolute Gasteiger partial charge is 0.478 e. The van der Waals surface area contributed by atoms with Crippen LogP contribution in [-0.2, 0) is 17.8 Å². The van der Waals surface area contributed by atoms with E-state index in [1.54, 1.807) is 31.4 Å². The summed E-state index contributed by atoms with van der Waals surface area (Å²) in [6, 6.07) is 10.6. The van der Waals surface area contributed by atoms with Gasteiger partial charge in [0.1, 0.15) is 12.4 Å². The number of aromatic carboxylic acids is 1. The third kappa shape index (κ3) is 3.29. The van der Waals surface area contributed by atoms with Crippen molar-refractivity contribution in [3.05, 3.63) is 69.3 Å². The predicted octanol–water partition coefficient (Wildman–Crippen LogP) is 2.87. The summed E-state index contributed by atoms with van der Waals surface area (Å²) in [7, 11) is 1.56. The lowest BCUT2D eigenvalue weighted by molar-refractivity contribution is 0.0697. The average Bonchev–Trinajstić information content (AvgIpc) is 3.03. The normalized spacial score (nSPS) is 15.7. The molecule has 0 bridgehead atoms. The molecule has 2 aromatic carbocycles. The predicted molar refractivity (Wildman–Crippen MR) is 101 cm³/mol. The molecule has 1 aliphatic carbocycles. The van der Waals surface area contributed by atoms with Gasteiger partial charge >= 0.3 is 5.97 Å². The Morgan fingerprint density at radius 1 is 1.33 bits per heavy atom. The molecule has 4 rings (SSSR count). The lowest BCUT2D eigenvalue weighted by Gasteiger charge is -2.16. The van der Waals surface area contributed by atoms with Crippen LogP contribution < -0.4 is 10.9 Å². The Bertz CT molecular complexity index is 1070. The third-order valence-electron chi connectivity index (χ3n) is 4.85. The van der Waals surface area contributed by atoms with E-state index < -0.39 is 5.97 Å². The van der Waals surface area contributed by atoms with Gasteiger partial charge in [-0.1, -0.05) is 0 Å². The molecule has 0 fully saturated rings. The van der Waals surface area contributed by atoms with Crippen LogP contribution in [0.4, 0.5) is 5.69 Å². The van der Waals surface area contributed by atoms with E-state index in [9.17, 15) is 9.59 Å². The van der Waals surface area contributed by atoms with Crippen LogP contribution in [0.5, 0.6) is 0 Å². The SMILES string of the molecule is COCc1nc2cc3c(cc2c(=O)[nH]1)[C@@H](Nc1ccc(C(=O)O)cc1)CC3. The summed E-state index contributed by atoms with van der Waals surface area (Å²) in [5, 5.41) is 13.0. The molecule has 0 amide bonds. The van der Waals surface area contributed by atoms with Gasteiger partial charge in [-0.25, -0.2) is 9.78 Å². The highest BCUT2D eigenvalue weighted by Crippen LogP contribution is 2.35. The van der Waals surface area contributed by atoms with Crippen LogP contribution in [0.3, 0.4) is 0 Å². The number of fused-ring (bicyclic) bond motifs is 2. The standard InChI is InChI=1S/C20H19N3O4/c1-27-10-18-22-17-8-12-4-7-16(14(12)9-15(17)19(24)23-18)21-13-5-2-11(3-6-13)20(25)26/h2-3,5-6,8-9,16,21H,4,7,10H2,1H3,(H,25,26)(H,22,23,24)/t16-/m0/s1. The molecule has 0 aliphatic heterocycles. The van der Waals surface area contributed by atoms with Gasteiger partial charge in [0.2, 0.25) is 0 Å². The Morgan fingerprint density at radius 3 is 2.81 bits per heavy atom. The van der Waals surface area contributed by atoms with Crippen molar-refractivity contribution in [1.82, 2.24) is 9.97 Å². The molecule has 0 unspecified atom stereocenters. The monoisotopic (exact) mass is 365 g/mol. The summed E-state index contributed by atoms with van der Waals surface area (Å²) < 4.78 is 5.05. The molecule has 3 aromatic rings. The zero-order valence-electron chi connectivity index (χ0n) is 14.8. The number of aryl methyl sites for hydroxylation is 1. The Labute approximate surface area is 155 Å². The zero-order valence-corrected chi connectivity index (χ0v) is 14.8. The lowest BCUT2D eigenvalue weighted by Crippen LogP contribution is -2.14. The summed E-state index contributed by atoms with van der Waals surface area (Å²) in [6.07, 6.45) is 1.79. The lowest BCUT2D eigenvalue weighted by atomic mass is 10.0. The summed E-state index contributed by atoms with van der Waals surface area (Å²) in [5.41, 5.74) is 3.85. The highest BCUT2D eigenvalue weighted by Gasteiger charge is 2.24. The van der Waals surface area contributed by atoms with Crippen molar-refractivity contribution in [2.24, 2.45) is 0 Å². The number of anilines is 1. The number of aromatic amines is 1. The first-order chi connectivity index (χ1) is 13.0. The minimum atomic E-state index is -0.946. The zero-order chi connectivity index (χ0) is 19.0. The summed E-state index contributed by atoms with van der Waals surface area (Å²) in [5.74, 6) is -0.431. The topological polar surface area (TPSA) is 104 Å². The quantitative estimate of drug-likeness (QED) is 0.642. The fraction of sp³-hybridized carbons (Fsp3) is 0.250. The average molecular weight is 365 g/mol. The maximum Gasteiger partial charge on any atom is 0.335 e. The van der Waals surface area contributed by atoms with Crippen molar-refractivity contribution in [3.8, 4) is 0 Å². The van der Waals surface area contributed by atoms with Gasteiger partial charge in [0.05, 0.1) is 22.5 Å². The Morgan fingerprint density at radius 2 is 2.11 bits per heavy atom. The van der Waals surface area contributed by atoms with Crippen LogP contribution in [0.2, 0.25) is 0 Å². The van der Waals surface area contributed by atoms with Gasteiger partial charge in [-0.15, -0.1) is 0 Å². The number of nitrogens with zero attached hydrogens (tertiary/aromatic N) is 1. The summed E-state index contributed by atoms with van der Waals surface area (Å²) in [4.78, 5) is 30.6. The molecule has 138 valence electrons. The van der Waals surface area contributed by atoms with Crippen molar-refractivity contribution < 1.29 is 14.6 Å². The van der Waals surface area contributed by atoms with Gasteiger partial charge in [0.15, 0.2) is 0 Å². The van der Waals surface area contributed by atoms with Gasteiger partial charge in [0.25, 0.3) is 5.56 Å². The van der Waals surface area contributed by atoms with Gasteiger partial charge in [-0.2, -0.15) is 0 Å². The van der Waals surface area contributed by atoms with Gasteiger partial charge < -0.3 is 20.1 Å². The van der Waals surface area contributed by atoms with Crippen LogP contribution in [0.15, 0.2) is 41.2 Å². The molecule has 7 heteroatoms. The molecular formula is C20H19N3O4. The Kier molecular flexibility index (Phi) is 4.37. The molecule has 1 aromatic heterocycles. The molecule has 3 N–H and O–H groups in total. The number of carbonyl (C=O) groups is 1.